The summed E-state index contributed by atoms with van der Waals surface area (Å²) < 4.78 is 19.1. The molecule has 1 aromatic carbocycles. The molecule has 1 unspecified atom stereocenters. The highest BCUT2D eigenvalue weighted by molar-refractivity contribution is 9.10. The third-order valence-electron chi connectivity index (χ3n) is 2.61. The van der Waals surface area contributed by atoms with Crippen molar-refractivity contribution in [1.82, 2.24) is 15.5 Å². The van der Waals surface area contributed by atoms with E-state index in [1.54, 1.807) is 6.07 Å². The minimum absolute atomic E-state index is 0. The van der Waals surface area contributed by atoms with Gasteiger partial charge in [-0.25, -0.2) is 4.39 Å². The molecule has 1 aromatic heterocycles. The second kappa shape index (κ2) is 6.98. The molecule has 2 rings (SSSR count). The summed E-state index contributed by atoms with van der Waals surface area (Å²) in [4.78, 5) is 4.26. The van der Waals surface area contributed by atoms with Crippen molar-refractivity contribution >= 4 is 28.3 Å². The van der Waals surface area contributed by atoms with Gasteiger partial charge in [0, 0.05) is 16.9 Å². The standard InChI is InChI=1S/C12H13BrFN3O.ClH/c1-7(15-2)5-11-16-12(18-17-11)9-6-8(14)3-4-10(9)13;/h3-4,6-7,15H,5H2,1-2H3;1H. The van der Waals surface area contributed by atoms with Crippen molar-refractivity contribution in [2.75, 3.05) is 7.05 Å². The predicted octanol–water partition coefficient (Wildman–Crippen LogP) is 3.21. The highest BCUT2D eigenvalue weighted by atomic mass is 79.9. The van der Waals surface area contributed by atoms with Crippen LogP contribution in [0.1, 0.15) is 12.7 Å². The lowest BCUT2D eigenvalue weighted by molar-refractivity contribution is 0.418. The molecule has 19 heavy (non-hydrogen) atoms. The number of nitrogens with one attached hydrogen (secondary N) is 1. The van der Waals surface area contributed by atoms with Crippen LogP contribution in [0.15, 0.2) is 27.2 Å². The van der Waals surface area contributed by atoms with Gasteiger partial charge in [0.25, 0.3) is 5.89 Å². The topological polar surface area (TPSA) is 51.0 Å². The van der Waals surface area contributed by atoms with Gasteiger partial charge in [0.15, 0.2) is 5.82 Å². The fourth-order valence-corrected chi connectivity index (χ4v) is 1.90. The number of halogens is 3. The van der Waals surface area contributed by atoms with Crippen molar-refractivity contribution in [3.05, 3.63) is 34.3 Å². The largest absolute Gasteiger partial charge is 0.334 e. The van der Waals surface area contributed by atoms with E-state index < -0.39 is 0 Å². The van der Waals surface area contributed by atoms with E-state index in [-0.39, 0.29) is 24.3 Å². The summed E-state index contributed by atoms with van der Waals surface area (Å²) in [6.45, 7) is 2.02. The van der Waals surface area contributed by atoms with Gasteiger partial charge in [0.2, 0.25) is 0 Å². The van der Waals surface area contributed by atoms with E-state index in [2.05, 4.69) is 31.4 Å². The average Bonchev–Trinajstić information content (AvgIpc) is 2.80. The van der Waals surface area contributed by atoms with E-state index in [4.69, 9.17) is 4.52 Å². The normalized spacial score (nSPS) is 12.0. The number of hydrogen-bond acceptors (Lipinski definition) is 4. The van der Waals surface area contributed by atoms with Gasteiger partial charge in [0.05, 0.1) is 5.56 Å². The number of nitrogens with zero attached hydrogens (tertiary/aromatic N) is 2. The Labute approximate surface area is 125 Å². The highest BCUT2D eigenvalue weighted by Crippen LogP contribution is 2.27. The monoisotopic (exact) mass is 349 g/mol. The van der Waals surface area contributed by atoms with Crippen molar-refractivity contribution < 1.29 is 8.91 Å². The maximum atomic E-state index is 13.2. The van der Waals surface area contributed by atoms with Crippen LogP contribution in [0.25, 0.3) is 11.5 Å². The zero-order chi connectivity index (χ0) is 13.1. The molecular formula is C12H14BrClFN3O. The Balaban J connectivity index is 0.00000180. The molecule has 1 N–H and O–H groups in total. The quantitative estimate of drug-likeness (QED) is 0.920. The van der Waals surface area contributed by atoms with Crippen LogP contribution in [0.2, 0.25) is 0 Å². The first kappa shape index (κ1) is 16.1. The zero-order valence-electron chi connectivity index (χ0n) is 10.5. The molecule has 2 aromatic rings. The van der Waals surface area contributed by atoms with Gasteiger partial charge in [-0.15, -0.1) is 12.4 Å². The predicted molar refractivity (Wildman–Crippen MR) is 76.9 cm³/mol. The molecule has 0 spiro atoms. The molecule has 104 valence electrons. The third kappa shape index (κ3) is 3.99. The number of hydrogen-bond donors (Lipinski definition) is 1. The van der Waals surface area contributed by atoms with Crippen LogP contribution in [0.4, 0.5) is 4.39 Å². The molecule has 1 heterocycles. The van der Waals surface area contributed by atoms with Crippen molar-refractivity contribution in [1.29, 1.82) is 0 Å². The fraction of sp³-hybridized carbons (Fsp3) is 0.333. The lowest BCUT2D eigenvalue weighted by atomic mass is 10.2. The van der Waals surface area contributed by atoms with Crippen molar-refractivity contribution in [3.8, 4) is 11.5 Å². The van der Waals surface area contributed by atoms with E-state index in [1.165, 1.54) is 12.1 Å². The summed E-state index contributed by atoms with van der Waals surface area (Å²) in [5, 5.41) is 6.97. The fourth-order valence-electron chi connectivity index (χ4n) is 1.48. The molecular weight excluding hydrogens is 337 g/mol. The van der Waals surface area contributed by atoms with Crippen LogP contribution in [0.3, 0.4) is 0 Å². The minimum atomic E-state index is -0.337. The summed E-state index contributed by atoms with van der Waals surface area (Å²) in [6.07, 6.45) is 0.660. The van der Waals surface area contributed by atoms with E-state index in [0.29, 0.717) is 23.7 Å². The first-order valence-electron chi connectivity index (χ1n) is 5.55. The van der Waals surface area contributed by atoms with E-state index in [1.807, 2.05) is 14.0 Å². The number of rotatable bonds is 4. The Kier molecular flexibility index (Phi) is 5.90. The molecule has 0 saturated heterocycles. The second-order valence-electron chi connectivity index (χ2n) is 4.03. The van der Waals surface area contributed by atoms with E-state index >= 15 is 0 Å². The van der Waals surface area contributed by atoms with Crippen LogP contribution in [0, 0.1) is 5.82 Å². The molecule has 0 aliphatic carbocycles. The first-order chi connectivity index (χ1) is 8.60. The Morgan fingerprint density at radius 2 is 2.21 bits per heavy atom. The molecule has 1 atom stereocenters. The number of likely N-dealkylation sites (N-methyl/N-ethyl adjacent to an activating group) is 1. The molecule has 0 saturated carbocycles. The van der Waals surface area contributed by atoms with Crippen molar-refractivity contribution in [2.24, 2.45) is 0 Å². The first-order valence-corrected chi connectivity index (χ1v) is 6.34. The van der Waals surface area contributed by atoms with E-state index in [9.17, 15) is 4.39 Å². The molecule has 0 aliphatic heterocycles. The second-order valence-corrected chi connectivity index (χ2v) is 4.89. The maximum Gasteiger partial charge on any atom is 0.259 e. The van der Waals surface area contributed by atoms with Gasteiger partial charge < -0.3 is 9.84 Å². The molecule has 0 aliphatic rings. The molecule has 0 bridgehead atoms. The van der Waals surface area contributed by atoms with Crippen LogP contribution in [-0.4, -0.2) is 23.2 Å². The molecule has 0 fully saturated rings. The zero-order valence-corrected chi connectivity index (χ0v) is 12.9. The van der Waals surface area contributed by atoms with Crippen LogP contribution in [0.5, 0.6) is 0 Å². The Hall–Kier alpha value is -0.980. The SMILES string of the molecule is CNC(C)Cc1noc(-c2cc(F)ccc2Br)n1.Cl. The molecule has 0 radical (unpaired) electrons. The molecule has 7 heteroatoms. The Morgan fingerprint density at radius 3 is 2.89 bits per heavy atom. The molecule has 4 nitrogen and oxygen atoms in total. The Bertz CT molecular complexity index is 550. The summed E-state index contributed by atoms with van der Waals surface area (Å²) >= 11 is 3.33. The lowest BCUT2D eigenvalue weighted by Crippen LogP contribution is -2.24. The molecule has 0 amide bonds. The van der Waals surface area contributed by atoms with Gasteiger partial charge in [-0.05, 0) is 48.1 Å². The minimum Gasteiger partial charge on any atom is -0.334 e. The number of benzene rings is 1. The van der Waals surface area contributed by atoms with Crippen molar-refractivity contribution in [2.45, 2.75) is 19.4 Å². The van der Waals surface area contributed by atoms with Crippen LogP contribution >= 0.6 is 28.3 Å². The number of aromatic nitrogens is 2. The highest BCUT2D eigenvalue weighted by Gasteiger charge is 2.14. The van der Waals surface area contributed by atoms with Gasteiger partial charge in [-0.2, -0.15) is 4.98 Å². The Morgan fingerprint density at radius 1 is 1.47 bits per heavy atom. The summed E-state index contributed by atoms with van der Waals surface area (Å²) in [5.41, 5.74) is 0.561. The van der Waals surface area contributed by atoms with Gasteiger partial charge >= 0.3 is 0 Å². The van der Waals surface area contributed by atoms with E-state index in [0.717, 1.165) is 4.47 Å². The van der Waals surface area contributed by atoms with Crippen molar-refractivity contribution in [3.63, 3.8) is 0 Å². The van der Waals surface area contributed by atoms with Gasteiger partial charge in [0.1, 0.15) is 5.82 Å². The maximum absolute atomic E-state index is 13.2. The summed E-state index contributed by atoms with van der Waals surface area (Å²) in [6, 6.07) is 4.60. The summed E-state index contributed by atoms with van der Waals surface area (Å²) in [7, 11) is 1.87. The average molecular weight is 351 g/mol. The van der Waals surface area contributed by atoms with Gasteiger partial charge in [-0.1, -0.05) is 5.16 Å². The smallest absolute Gasteiger partial charge is 0.259 e. The summed E-state index contributed by atoms with van der Waals surface area (Å²) in [5.74, 6) is 0.583. The third-order valence-corrected chi connectivity index (χ3v) is 3.30. The van der Waals surface area contributed by atoms with Crippen LogP contribution < -0.4 is 5.32 Å². The van der Waals surface area contributed by atoms with Crippen LogP contribution in [-0.2, 0) is 6.42 Å². The lowest BCUT2D eigenvalue weighted by Gasteiger charge is -2.04. The van der Waals surface area contributed by atoms with Gasteiger partial charge in [-0.3, -0.25) is 0 Å².